The summed E-state index contributed by atoms with van der Waals surface area (Å²) in [5.41, 5.74) is 7.96. The maximum absolute atomic E-state index is 8.85. The summed E-state index contributed by atoms with van der Waals surface area (Å²) in [4.78, 5) is 0. The largest absolute Gasteiger partial charge is 0.398 e. The average molecular weight is 243 g/mol. The van der Waals surface area contributed by atoms with Crippen LogP contribution in [0, 0.1) is 23.2 Å². The third-order valence-corrected chi connectivity index (χ3v) is 3.72. The van der Waals surface area contributed by atoms with Crippen LogP contribution in [-0.2, 0) is 0 Å². The second-order valence-corrected chi connectivity index (χ2v) is 5.67. The zero-order chi connectivity index (χ0) is 13.1. The van der Waals surface area contributed by atoms with E-state index in [1.54, 1.807) is 6.07 Å². The van der Waals surface area contributed by atoms with Gasteiger partial charge in [0.1, 0.15) is 6.07 Å². The van der Waals surface area contributed by atoms with E-state index in [0.717, 1.165) is 17.5 Å². The van der Waals surface area contributed by atoms with Crippen molar-refractivity contribution in [3.8, 4) is 6.07 Å². The molecule has 0 spiro atoms. The summed E-state index contributed by atoms with van der Waals surface area (Å²) in [5, 5.41) is 12.4. The Hall–Kier alpha value is -1.69. The minimum absolute atomic E-state index is 0.524. The molecule has 1 aliphatic carbocycles. The number of nitrogens with zero attached hydrogens (tertiary/aromatic N) is 1. The number of nitrogens with one attached hydrogen (secondary N) is 1. The van der Waals surface area contributed by atoms with Crippen LogP contribution in [0.3, 0.4) is 0 Å². The molecule has 3 N–H and O–H groups in total. The van der Waals surface area contributed by atoms with Crippen molar-refractivity contribution in [1.29, 1.82) is 5.26 Å². The van der Waals surface area contributed by atoms with Crippen LogP contribution in [0.25, 0.3) is 0 Å². The molecule has 0 heterocycles. The van der Waals surface area contributed by atoms with Gasteiger partial charge in [0.15, 0.2) is 0 Å². The van der Waals surface area contributed by atoms with Gasteiger partial charge in [0.25, 0.3) is 0 Å². The molecule has 3 nitrogen and oxygen atoms in total. The van der Waals surface area contributed by atoms with Gasteiger partial charge in [-0.3, -0.25) is 0 Å². The Balaban J connectivity index is 2.05. The predicted molar refractivity (Wildman–Crippen MR) is 75.2 cm³/mol. The van der Waals surface area contributed by atoms with Gasteiger partial charge in [-0.05, 0) is 49.3 Å². The van der Waals surface area contributed by atoms with Crippen molar-refractivity contribution in [2.75, 3.05) is 11.1 Å². The number of hydrogen-bond acceptors (Lipinski definition) is 3. The minimum Gasteiger partial charge on any atom is -0.398 e. The topological polar surface area (TPSA) is 61.8 Å². The highest BCUT2D eigenvalue weighted by molar-refractivity contribution is 5.62. The Morgan fingerprint density at radius 3 is 2.44 bits per heavy atom. The van der Waals surface area contributed by atoms with Crippen LogP contribution in [0.1, 0.15) is 38.7 Å². The molecule has 2 atom stereocenters. The normalized spacial score (nSPS) is 27.5. The fourth-order valence-corrected chi connectivity index (χ4v) is 3.05. The summed E-state index contributed by atoms with van der Waals surface area (Å²) < 4.78 is 0. The number of rotatable bonds is 2. The Labute approximate surface area is 109 Å². The van der Waals surface area contributed by atoms with Crippen molar-refractivity contribution in [2.24, 2.45) is 11.8 Å². The lowest BCUT2D eigenvalue weighted by atomic mass is 9.80. The highest BCUT2D eigenvalue weighted by Crippen LogP contribution is 2.31. The molecule has 0 amide bonds. The molecule has 2 unspecified atom stereocenters. The van der Waals surface area contributed by atoms with Gasteiger partial charge < -0.3 is 11.1 Å². The van der Waals surface area contributed by atoms with Crippen LogP contribution in [0.5, 0.6) is 0 Å². The van der Waals surface area contributed by atoms with E-state index >= 15 is 0 Å². The Morgan fingerprint density at radius 2 is 1.89 bits per heavy atom. The first-order chi connectivity index (χ1) is 8.58. The molecule has 18 heavy (non-hydrogen) atoms. The zero-order valence-corrected chi connectivity index (χ0v) is 11.1. The molecule has 0 saturated heterocycles. The second kappa shape index (κ2) is 5.30. The highest BCUT2D eigenvalue weighted by atomic mass is 14.9. The summed E-state index contributed by atoms with van der Waals surface area (Å²) in [6.07, 6.45) is 3.75. The average Bonchev–Trinajstić information content (AvgIpc) is 2.27. The number of benzene rings is 1. The third kappa shape index (κ3) is 2.95. The molecule has 0 radical (unpaired) electrons. The quantitative estimate of drug-likeness (QED) is 0.783. The predicted octanol–water partition coefficient (Wildman–Crippen LogP) is 3.38. The molecular weight excluding hydrogens is 222 g/mol. The fourth-order valence-electron chi connectivity index (χ4n) is 3.05. The van der Waals surface area contributed by atoms with Crippen LogP contribution in [-0.4, -0.2) is 6.04 Å². The van der Waals surface area contributed by atoms with Gasteiger partial charge in [0, 0.05) is 11.7 Å². The summed E-state index contributed by atoms with van der Waals surface area (Å²) in [6, 6.07) is 8.20. The summed E-state index contributed by atoms with van der Waals surface area (Å²) >= 11 is 0. The molecule has 1 aromatic carbocycles. The van der Waals surface area contributed by atoms with Crippen LogP contribution in [0.15, 0.2) is 18.2 Å². The Morgan fingerprint density at radius 1 is 1.22 bits per heavy atom. The molecule has 1 saturated carbocycles. The van der Waals surface area contributed by atoms with Crippen molar-refractivity contribution < 1.29 is 0 Å². The Bertz CT molecular complexity index is 451. The van der Waals surface area contributed by atoms with Crippen molar-refractivity contribution in [3.63, 3.8) is 0 Å². The standard InChI is InChI=1S/C15H21N3/c1-10-5-11(2)7-14(6-10)18-13-4-3-12(9-16)15(17)8-13/h3-4,8,10-11,14,18H,5-7,17H2,1-2H3. The van der Waals surface area contributed by atoms with E-state index in [9.17, 15) is 0 Å². The second-order valence-electron chi connectivity index (χ2n) is 5.67. The van der Waals surface area contributed by atoms with Gasteiger partial charge in [0.2, 0.25) is 0 Å². The number of nitrogen functional groups attached to an aromatic ring is 1. The van der Waals surface area contributed by atoms with Gasteiger partial charge in [0.05, 0.1) is 11.3 Å². The van der Waals surface area contributed by atoms with E-state index in [1.807, 2.05) is 12.1 Å². The third-order valence-electron chi connectivity index (χ3n) is 3.72. The lowest BCUT2D eigenvalue weighted by molar-refractivity contribution is 0.281. The highest BCUT2D eigenvalue weighted by Gasteiger charge is 2.23. The van der Waals surface area contributed by atoms with Gasteiger partial charge in [-0.25, -0.2) is 0 Å². The molecule has 0 aliphatic heterocycles. The molecule has 96 valence electrons. The number of nitrogens with two attached hydrogens (primary N) is 1. The first-order valence-electron chi connectivity index (χ1n) is 6.64. The van der Waals surface area contributed by atoms with E-state index < -0.39 is 0 Å². The van der Waals surface area contributed by atoms with Crippen molar-refractivity contribution in [2.45, 2.75) is 39.2 Å². The molecule has 1 aliphatic rings. The lowest BCUT2D eigenvalue weighted by Crippen LogP contribution is -2.30. The maximum atomic E-state index is 8.85. The van der Waals surface area contributed by atoms with E-state index in [4.69, 9.17) is 11.0 Å². The van der Waals surface area contributed by atoms with E-state index in [1.165, 1.54) is 19.3 Å². The lowest BCUT2D eigenvalue weighted by Gasteiger charge is -2.32. The smallest absolute Gasteiger partial charge is 0.101 e. The first-order valence-corrected chi connectivity index (χ1v) is 6.64. The summed E-state index contributed by atoms with van der Waals surface area (Å²) in [7, 11) is 0. The molecule has 1 fully saturated rings. The number of hydrogen-bond donors (Lipinski definition) is 2. The first kappa shape index (κ1) is 12.8. The van der Waals surface area contributed by atoms with Gasteiger partial charge in [-0.1, -0.05) is 13.8 Å². The minimum atomic E-state index is 0.524. The molecule has 2 rings (SSSR count). The van der Waals surface area contributed by atoms with Crippen molar-refractivity contribution in [1.82, 2.24) is 0 Å². The van der Waals surface area contributed by atoms with E-state index in [0.29, 0.717) is 17.3 Å². The van der Waals surface area contributed by atoms with E-state index in [2.05, 4.69) is 25.2 Å². The SMILES string of the molecule is CC1CC(C)CC(Nc2ccc(C#N)c(N)c2)C1. The monoisotopic (exact) mass is 243 g/mol. The van der Waals surface area contributed by atoms with Crippen LogP contribution < -0.4 is 11.1 Å². The summed E-state index contributed by atoms with van der Waals surface area (Å²) in [6.45, 7) is 4.63. The van der Waals surface area contributed by atoms with Crippen molar-refractivity contribution >= 4 is 11.4 Å². The molecule has 0 aromatic heterocycles. The zero-order valence-electron chi connectivity index (χ0n) is 11.1. The van der Waals surface area contributed by atoms with Crippen LogP contribution in [0.4, 0.5) is 11.4 Å². The van der Waals surface area contributed by atoms with Crippen LogP contribution in [0.2, 0.25) is 0 Å². The maximum Gasteiger partial charge on any atom is 0.101 e. The van der Waals surface area contributed by atoms with Crippen LogP contribution >= 0.6 is 0 Å². The Kier molecular flexibility index (Phi) is 3.76. The molecule has 0 bridgehead atoms. The van der Waals surface area contributed by atoms with Crippen molar-refractivity contribution in [3.05, 3.63) is 23.8 Å². The number of nitriles is 1. The van der Waals surface area contributed by atoms with Gasteiger partial charge >= 0.3 is 0 Å². The molecular formula is C15H21N3. The number of anilines is 2. The molecule has 1 aromatic rings. The summed E-state index contributed by atoms with van der Waals surface area (Å²) in [5.74, 6) is 1.56. The van der Waals surface area contributed by atoms with Gasteiger partial charge in [-0.2, -0.15) is 5.26 Å². The molecule has 3 heteroatoms. The van der Waals surface area contributed by atoms with Gasteiger partial charge in [-0.15, -0.1) is 0 Å². The fraction of sp³-hybridized carbons (Fsp3) is 0.533. The van der Waals surface area contributed by atoms with E-state index in [-0.39, 0.29) is 0 Å².